The molecule has 144 valence electrons. The molecule has 0 aliphatic heterocycles. The minimum absolute atomic E-state index is 0.130. The normalized spacial score (nSPS) is 11.0. The number of hydrogen-bond acceptors (Lipinski definition) is 2. The maximum absolute atomic E-state index is 11.8. The van der Waals surface area contributed by atoms with E-state index in [1.807, 2.05) is 0 Å². The lowest BCUT2D eigenvalue weighted by Gasteiger charge is -2.03. The third kappa shape index (κ3) is 11.2. The number of carbonyl (C=O) groups excluding carboxylic acids is 1. The molecular formula is C20H27Cl2NO3. The summed E-state index contributed by atoms with van der Waals surface area (Å²) in [7, 11) is 0. The summed E-state index contributed by atoms with van der Waals surface area (Å²) >= 11 is 11.9. The number of carboxylic acid groups (broad SMARTS) is 1. The van der Waals surface area contributed by atoms with Gasteiger partial charge in [0, 0.05) is 29.1 Å². The van der Waals surface area contributed by atoms with Gasteiger partial charge in [0.1, 0.15) is 0 Å². The Hall–Kier alpha value is -1.52. The van der Waals surface area contributed by atoms with Crippen LogP contribution in [-0.2, 0) is 9.59 Å². The highest BCUT2D eigenvalue weighted by Crippen LogP contribution is 2.21. The van der Waals surface area contributed by atoms with E-state index in [0.717, 1.165) is 56.9 Å². The van der Waals surface area contributed by atoms with Crippen molar-refractivity contribution in [2.75, 3.05) is 6.54 Å². The van der Waals surface area contributed by atoms with E-state index >= 15 is 0 Å². The number of unbranched alkanes of at least 4 members (excludes halogenated alkanes) is 7. The zero-order chi connectivity index (χ0) is 19.2. The van der Waals surface area contributed by atoms with Gasteiger partial charge in [-0.15, -0.1) is 0 Å². The molecule has 0 aromatic heterocycles. The van der Waals surface area contributed by atoms with E-state index in [1.165, 1.54) is 6.08 Å². The molecule has 0 heterocycles. The topological polar surface area (TPSA) is 66.4 Å². The van der Waals surface area contributed by atoms with Crippen molar-refractivity contribution in [1.82, 2.24) is 5.32 Å². The summed E-state index contributed by atoms with van der Waals surface area (Å²) in [6.45, 7) is 0.663. The van der Waals surface area contributed by atoms with Crippen LogP contribution < -0.4 is 5.32 Å². The van der Waals surface area contributed by atoms with Gasteiger partial charge in [0.05, 0.1) is 0 Å². The molecule has 0 fully saturated rings. The molecule has 26 heavy (non-hydrogen) atoms. The van der Waals surface area contributed by atoms with E-state index in [-0.39, 0.29) is 12.3 Å². The molecule has 0 unspecified atom stereocenters. The predicted molar refractivity (Wildman–Crippen MR) is 108 cm³/mol. The molecule has 4 nitrogen and oxygen atoms in total. The summed E-state index contributed by atoms with van der Waals surface area (Å²) in [6, 6.07) is 5.15. The van der Waals surface area contributed by atoms with Gasteiger partial charge in [-0.3, -0.25) is 9.59 Å². The van der Waals surface area contributed by atoms with Crippen LogP contribution >= 0.6 is 23.2 Å². The number of carbonyl (C=O) groups is 2. The highest BCUT2D eigenvalue weighted by Gasteiger charge is 2.00. The Labute approximate surface area is 165 Å². The predicted octanol–water partition coefficient (Wildman–Crippen LogP) is 5.72. The first-order chi connectivity index (χ1) is 12.5. The fourth-order valence-electron chi connectivity index (χ4n) is 2.53. The molecule has 2 N–H and O–H groups in total. The molecule has 0 atom stereocenters. The molecule has 0 radical (unpaired) electrons. The van der Waals surface area contributed by atoms with Crippen molar-refractivity contribution in [1.29, 1.82) is 0 Å². The van der Waals surface area contributed by atoms with Gasteiger partial charge in [0.25, 0.3) is 0 Å². The van der Waals surface area contributed by atoms with Gasteiger partial charge in [0.2, 0.25) is 5.91 Å². The van der Waals surface area contributed by atoms with E-state index in [0.29, 0.717) is 16.6 Å². The van der Waals surface area contributed by atoms with Crippen LogP contribution in [-0.4, -0.2) is 23.5 Å². The van der Waals surface area contributed by atoms with Gasteiger partial charge in [-0.1, -0.05) is 67.8 Å². The summed E-state index contributed by atoms with van der Waals surface area (Å²) < 4.78 is 0. The van der Waals surface area contributed by atoms with Gasteiger partial charge in [-0.25, -0.2) is 0 Å². The first kappa shape index (κ1) is 22.5. The second kappa shape index (κ2) is 13.7. The number of carboxylic acids is 1. The number of amides is 1. The molecule has 0 bridgehead atoms. The van der Waals surface area contributed by atoms with Crippen molar-refractivity contribution in [3.8, 4) is 0 Å². The fourth-order valence-corrected chi connectivity index (χ4v) is 3.01. The Balaban J connectivity index is 2.01. The van der Waals surface area contributed by atoms with E-state index < -0.39 is 5.97 Å². The quantitative estimate of drug-likeness (QED) is 0.329. The lowest BCUT2D eigenvalue weighted by molar-refractivity contribution is -0.137. The highest BCUT2D eigenvalue weighted by molar-refractivity contribution is 6.35. The SMILES string of the molecule is O=C(O)CCCCCCCCCCNC(=O)/C=C/c1ccc(Cl)cc1Cl. The minimum atomic E-state index is -0.710. The molecule has 1 aromatic carbocycles. The summed E-state index contributed by atoms with van der Waals surface area (Å²) in [4.78, 5) is 22.1. The van der Waals surface area contributed by atoms with E-state index in [2.05, 4.69) is 5.32 Å². The van der Waals surface area contributed by atoms with Crippen LogP contribution in [0.1, 0.15) is 63.4 Å². The van der Waals surface area contributed by atoms with Crippen LogP contribution in [0, 0.1) is 0 Å². The number of benzene rings is 1. The van der Waals surface area contributed by atoms with Gasteiger partial charge < -0.3 is 10.4 Å². The molecule has 0 spiro atoms. The largest absolute Gasteiger partial charge is 0.481 e. The maximum atomic E-state index is 11.8. The number of rotatable bonds is 13. The van der Waals surface area contributed by atoms with Crippen LogP contribution in [0.4, 0.5) is 0 Å². The Morgan fingerprint density at radius 1 is 0.962 bits per heavy atom. The summed E-state index contributed by atoms with van der Waals surface area (Å²) in [6.07, 6.45) is 11.8. The zero-order valence-corrected chi connectivity index (χ0v) is 16.5. The second-order valence-corrected chi connectivity index (χ2v) is 7.11. The lowest BCUT2D eigenvalue weighted by atomic mass is 10.1. The molecule has 1 rings (SSSR count). The van der Waals surface area contributed by atoms with Crippen molar-refractivity contribution < 1.29 is 14.7 Å². The van der Waals surface area contributed by atoms with Gasteiger partial charge >= 0.3 is 5.97 Å². The Bertz CT molecular complexity index is 603. The molecule has 0 aliphatic rings. The zero-order valence-electron chi connectivity index (χ0n) is 15.0. The average Bonchev–Trinajstić information content (AvgIpc) is 2.58. The highest BCUT2D eigenvalue weighted by atomic mass is 35.5. The van der Waals surface area contributed by atoms with Crippen molar-refractivity contribution in [2.45, 2.75) is 57.8 Å². The van der Waals surface area contributed by atoms with Crippen molar-refractivity contribution in [3.63, 3.8) is 0 Å². The van der Waals surface area contributed by atoms with Crippen LogP contribution in [0.5, 0.6) is 0 Å². The second-order valence-electron chi connectivity index (χ2n) is 6.26. The number of halogens is 2. The van der Waals surface area contributed by atoms with Crippen LogP contribution in [0.25, 0.3) is 6.08 Å². The number of hydrogen-bond donors (Lipinski definition) is 2. The third-order valence-electron chi connectivity index (χ3n) is 3.99. The first-order valence-corrected chi connectivity index (χ1v) is 9.87. The molecule has 0 saturated heterocycles. The van der Waals surface area contributed by atoms with E-state index in [9.17, 15) is 9.59 Å². The number of aliphatic carboxylic acids is 1. The van der Waals surface area contributed by atoms with Gasteiger partial charge in [-0.05, 0) is 36.6 Å². The Morgan fingerprint density at radius 3 is 2.19 bits per heavy atom. The maximum Gasteiger partial charge on any atom is 0.303 e. The summed E-state index contributed by atoms with van der Waals surface area (Å²) in [5.41, 5.74) is 0.759. The Morgan fingerprint density at radius 2 is 1.58 bits per heavy atom. The fraction of sp³-hybridized carbons (Fsp3) is 0.500. The lowest BCUT2D eigenvalue weighted by Crippen LogP contribution is -2.21. The van der Waals surface area contributed by atoms with Crippen molar-refractivity contribution in [3.05, 3.63) is 39.9 Å². The molecule has 1 amide bonds. The Kier molecular flexibility index (Phi) is 11.8. The third-order valence-corrected chi connectivity index (χ3v) is 4.56. The van der Waals surface area contributed by atoms with E-state index in [4.69, 9.17) is 28.3 Å². The average molecular weight is 400 g/mol. The van der Waals surface area contributed by atoms with Crippen molar-refractivity contribution >= 4 is 41.2 Å². The summed E-state index contributed by atoms with van der Waals surface area (Å²) in [5, 5.41) is 12.5. The summed E-state index contributed by atoms with van der Waals surface area (Å²) in [5.74, 6) is -0.840. The smallest absolute Gasteiger partial charge is 0.303 e. The number of nitrogens with one attached hydrogen (secondary N) is 1. The van der Waals surface area contributed by atoms with Gasteiger partial charge in [-0.2, -0.15) is 0 Å². The minimum Gasteiger partial charge on any atom is -0.481 e. The van der Waals surface area contributed by atoms with Crippen LogP contribution in [0.2, 0.25) is 10.0 Å². The molecular weight excluding hydrogens is 373 g/mol. The first-order valence-electron chi connectivity index (χ1n) is 9.12. The molecule has 1 aromatic rings. The van der Waals surface area contributed by atoms with Crippen molar-refractivity contribution in [2.24, 2.45) is 0 Å². The van der Waals surface area contributed by atoms with E-state index in [1.54, 1.807) is 24.3 Å². The standard InChI is InChI=1S/C20H27Cl2NO3/c21-17-12-10-16(18(22)15-17)11-13-19(24)23-14-8-6-4-2-1-3-5-7-9-20(25)26/h10-13,15H,1-9,14H2,(H,23,24)(H,25,26)/b13-11+. The monoisotopic (exact) mass is 399 g/mol. The van der Waals surface area contributed by atoms with Crippen LogP contribution in [0.15, 0.2) is 24.3 Å². The van der Waals surface area contributed by atoms with Gasteiger partial charge in [0.15, 0.2) is 0 Å². The molecule has 0 aliphatic carbocycles. The molecule has 0 saturated carbocycles. The van der Waals surface area contributed by atoms with Crippen LogP contribution in [0.3, 0.4) is 0 Å². The molecule has 6 heteroatoms.